The lowest BCUT2D eigenvalue weighted by molar-refractivity contribution is 0.311. The number of nitrogens with zero attached hydrogens (tertiary/aromatic N) is 4. The number of guanidine groups is 1. The molecule has 8 nitrogen and oxygen atoms in total. The minimum Gasteiger partial charge on any atom is -0.493 e. The second kappa shape index (κ2) is 9.27. The minimum atomic E-state index is 0.484. The largest absolute Gasteiger partial charge is 0.493 e. The molecular formula is C19H23ClN6O2. The van der Waals surface area contributed by atoms with E-state index in [4.69, 9.17) is 21.1 Å². The van der Waals surface area contributed by atoms with Gasteiger partial charge in [-0.1, -0.05) is 17.7 Å². The van der Waals surface area contributed by atoms with E-state index < -0.39 is 0 Å². The van der Waals surface area contributed by atoms with Gasteiger partial charge in [0.15, 0.2) is 28.9 Å². The Kier molecular flexibility index (Phi) is 6.54. The van der Waals surface area contributed by atoms with Gasteiger partial charge < -0.3 is 20.1 Å². The second-order valence-electron chi connectivity index (χ2n) is 5.87. The Bertz CT molecular complexity index is 972. The van der Waals surface area contributed by atoms with Gasteiger partial charge in [-0.25, -0.2) is 0 Å². The maximum Gasteiger partial charge on any atom is 0.191 e. The van der Waals surface area contributed by atoms with Crippen molar-refractivity contribution in [3.63, 3.8) is 0 Å². The lowest BCUT2D eigenvalue weighted by atomic mass is 10.2. The molecule has 0 aliphatic carbocycles. The zero-order chi connectivity index (χ0) is 19.9. The molecule has 0 saturated heterocycles. The van der Waals surface area contributed by atoms with E-state index >= 15 is 0 Å². The van der Waals surface area contributed by atoms with Gasteiger partial charge in [0.2, 0.25) is 0 Å². The normalized spacial score (nSPS) is 11.5. The topological polar surface area (TPSA) is 85.1 Å². The van der Waals surface area contributed by atoms with Crippen molar-refractivity contribution in [2.75, 3.05) is 20.8 Å². The Morgan fingerprint density at radius 2 is 2.04 bits per heavy atom. The molecule has 0 fully saturated rings. The summed E-state index contributed by atoms with van der Waals surface area (Å²) in [6.45, 7) is 3.42. The van der Waals surface area contributed by atoms with Crippen molar-refractivity contribution in [2.45, 2.75) is 20.0 Å². The average molecular weight is 403 g/mol. The van der Waals surface area contributed by atoms with E-state index in [9.17, 15) is 0 Å². The van der Waals surface area contributed by atoms with Gasteiger partial charge in [-0.15, -0.1) is 10.2 Å². The number of ether oxygens (including phenoxy) is 2. The quantitative estimate of drug-likeness (QED) is 0.467. The predicted molar refractivity (Wildman–Crippen MR) is 109 cm³/mol. The Labute approximate surface area is 168 Å². The third kappa shape index (κ3) is 4.45. The third-order valence-electron chi connectivity index (χ3n) is 4.06. The van der Waals surface area contributed by atoms with Crippen molar-refractivity contribution >= 4 is 23.2 Å². The van der Waals surface area contributed by atoms with E-state index in [2.05, 4.69) is 25.8 Å². The van der Waals surface area contributed by atoms with E-state index in [0.29, 0.717) is 42.2 Å². The molecule has 0 aliphatic rings. The SMILES string of the molecule is CCOc1c(Cl)cc(CNC(=NC)NCc2nnc3ccccn23)cc1OC. The highest BCUT2D eigenvalue weighted by Crippen LogP contribution is 2.36. The molecule has 3 aromatic rings. The van der Waals surface area contributed by atoms with Crippen molar-refractivity contribution in [2.24, 2.45) is 4.99 Å². The van der Waals surface area contributed by atoms with Gasteiger partial charge in [0.05, 0.1) is 25.3 Å². The zero-order valence-electron chi connectivity index (χ0n) is 16.1. The first-order chi connectivity index (χ1) is 13.7. The molecule has 0 aliphatic heterocycles. The summed E-state index contributed by atoms with van der Waals surface area (Å²) in [5, 5.41) is 15.3. The van der Waals surface area contributed by atoms with Crippen molar-refractivity contribution < 1.29 is 9.47 Å². The lowest BCUT2D eigenvalue weighted by Gasteiger charge is -2.15. The maximum atomic E-state index is 6.33. The van der Waals surface area contributed by atoms with E-state index in [1.165, 1.54) is 0 Å². The Morgan fingerprint density at radius 1 is 1.21 bits per heavy atom. The highest BCUT2D eigenvalue weighted by Gasteiger charge is 2.12. The van der Waals surface area contributed by atoms with Gasteiger partial charge in [0.25, 0.3) is 0 Å². The second-order valence-corrected chi connectivity index (χ2v) is 6.27. The summed E-state index contributed by atoms with van der Waals surface area (Å²) in [4.78, 5) is 4.24. The number of benzene rings is 1. The van der Waals surface area contributed by atoms with E-state index in [1.54, 1.807) is 14.2 Å². The number of halogens is 1. The van der Waals surface area contributed by atoms with Crippen LogP contribution in [0.25, 0.3) is 5.65 Å². The number of rotatable bonds is 7. The first-order valence-electron chi connectivity index (χ1n) is 8.88. The summed E-state index contributed by atoms with van der Waals surface area (Å²) in [5.74, 6) is 2.58. The minimum absolute atomic E-state index is 0.484. The average Bonchev–Trinajstić information content (AvgIpc) is 3.13. The summed E-state index contributed by atoms with van der Waals surface area (Å²) < 4.78 is 12.9. The van der Waals surface area contributed by atoms with Crippen LogP contribution in [0.15, 0.2) is 41.5 Å². The molecule has 1 aromatic carbocycles. The number of methoxy groups -OCH3 is 1. The van der Waals surface area contributed by atoms with Gasteiger partial charge >= 0.3 is 0 Å². The van der Waals surface area contributed by atoms with Crippen molar-refractivity contribution in [1.82, 2.24) is 25.2 Å². The molecule has 3 rings (SSSR count). The molecule has 9 heteroatoms. The van der Waals surface area contributed by atoms with Crippen molar-refractivity contribution in [1.29, 1.82) is 0 Å². The molecule has 2 aromatic heterocycles. The van der Waals surface area contributed by atoms with Crippen LogP contribution in [0.5, 0.6) is 11.5 Å². The van der Waals surface area contributed by atoms with Crippen LogP contribution in [-0.4, -0.2) is 41.3 Å². The predicted octanol–water partition coefficient (Wildman–Crippen LogP) is 2.66. The molecule has 0 bridgehead atoms. The van der Waals surface area contributed by atoms with E-state index in [0.717, 1.165) is 17.0 Å². The Morgan fingerprint density at radius 3 is 2.79 bits per heavy atom. The van der Waals surface area contributed by atoms with Crippen LogP contribution in [0.2, 0.25) is 5.02 Å². The smallest absolute Gasteiger partial charge is 0.191 e. The standard InChI is InChI=1S/C19H23ClN6O2/c1-4-28-18-14(20)9-13(10-15(18)27-3)11-22-19(21-2)23-12-17-25-24-16-7-5-6-8-26(16)17/h5-10H,4,11-12H2,1-3H3,(H2,21,22,23). The summed E-state index contributed by atoms with van der Waals surface area (Å²) >= 11 is 6.33. The molecule has 2 N–H and O–H groups in total. The van der Waals surface area contributed by atoms with E-state index in [1.807, 2.05) is 47.9 Å². The molecule has 0 radical (unpaired) electrons. The van der Waals surface area contributed by atoms with Crippen molar-refractivity contribution in [3.05, 3.63) is 52.9 Å². The van der Waals surface area contributed by atoms with Crippen LogP contribution >= 0.6 is 11.6 Å². The maximum absolute atomic E-state index is 6.33. The first kappa shape index (κ1) is 19.8. The number of hydrogen-bond acceptors (Lipinski definition) is 5. The van der Waals surface area contributed by atoms with Crippen LogP contribution in [0.4, 0.5) is 0 Å². The Balaban J connectivity index is 1.63. The molecule has 0 amide bonds. The fourth-order valence-corrected chi connectivity index (χ4v) is 3.03. The molecule has 0 atom stereocenters. The molecule has 0 unspecified atom stereocenters. The number of aliphatic imine (C=N–C) groups is 1. The number of fused-ring (bicyclic) bond motifs is 1. The van der Waals surface area contributed by atoms with Gasteiger partial charge in [0, 0.05) is 19.8 Å². The fourth-order valence-electron chi connectivity index (χ4n) is 2.74. The fraction of sp³-hybridized carbons (Fsp3) is 0.316. The number of nitrogens with one attached hydrogen (secondary N) is 2. The highest BCUT2D eigenvalue weighted by atomic mass is 35.5. The summed E-state index contributed by atoms with van der Waals surface area (Å²) in [7, 11) is 3.30. The number of pyridine rings is 1. The molecule has 148 valence electrons. The summed E-state index contributed by atoms with van der Waals surface area (Å²) in [5.41, 5.74) is 1.75. The van der Waals surface area contributed by atoms with Gasteiger partial charge in [-0.3, -0.25) is 9.39 Å². The Hall–Kier alpha value is -3.00. The summed E-state index contributed by atoms with van der Waals surface area (Å²) in [6, 6.07) is 9.52. The monoisotopic (exact) mass is 402 g/mol. The molecule has 0 saturated carbocycles. The highest BCUT2D eigenvalue weighted by molar-refractivity contribution is 6.32. The lowest BCUT2D eigenvalue weighted by Crippen LogP contribution is -2.36. The summed E-state index contributed by atoms with van der Waals surface area (Å²) in [6.07, 6.45) is 1.93. The number of aromatic nitrogens is 3. The van der Waals surface area contributed by atoms with Crippen molar-refractivity contribution in [3.8, 4) is 11.5 Å². The molecule has 28 heavy (non-hydrogen) atoms. The first-order valence-corrected chi connectivity index (χ1v) is 9.26. The van der Waals surface area contributed by atoms with Gasteiger partial charge in [0.1, 0.15) is 0 Å². The van der Waals surface area contributed by atoms with Crippen LogP contribution in [-0.2, 0) is 13.1 Å². The molecule has 2 heterocycles. The van der Waals surface area contributed by atoms with Gasteiger partial charge in [-0.2, -0.15) is 0 Å². The number of hydrogen-bond donors (Lipinski definition) is 2. The third-order valence-corrected chi connectivity index (χ3v) is 4.34. The van der Waals surface area contributed by atoms with Crippen LogP contribution in [0.3, 0.4) is 0 Å². The van der Waals surface area contributed by atoms with Crippen LogP contribution in [0.1, 0.15) is 18.3 Å². The van der Waals surface area contributed by atoms with Crippen LogP contribution < -0.4 is 20.1 Å². The zero-order valence-corrected chi connectivity index (χ0v) is 16.8. The molecular weight excluding hydrogens is 380 g/mol. The molecule has 0 spiro atoms. The van der Waals surface area contributed by atoms with Crippen LogP contribution in [0, 0.1) is 0 Å². The van der Waals surface area contributed by atoms with E-state index in [-0.39, 0.29) is 0 Å². The van der Waals surface area contributed by atoms with Gasteiger partial charge in [-0.05, 0) is 36.8 Å².